The van der Waals surface area contributed by atoms with Crippen molar-refractivity contribution in [3.63, 3.8) is 0 Å². The molecular weight excluding hydrogens is 346 g/mol. The van der Waals surface area contributed by atoms with E-state index in [2.05, 4.69) is 4.72 Å². The molecule has 0 bridgehead atoms. The first-order valence-corrected chi connectivity index (χ1v) is 10.0. The average molecular weight is 372 g/mol. The lowest BCUT2D eigenvalue weighted by molar-refractivity contribution is -0.116. The third-order valence-corrected chi connectivity index (χ3v) is 5.90. The molecule has 4 nitrogen and oxygen atoms in total. The van der Waals surface area contributed by atoms with Crippen molar-refractivity contribution < 1.29 is 13.2 Å². The Morgan fingerprint density at radius 1 is 1.08 bits per heavy atom. The zero-order valence-corrected chi connectivity index (χ0v) is 16.4. The van der Waals surface area contributed by atoms with Crippen molar-refractivity contribution in [3.05, 3.63) is 76.9 Å². The van der Waals surface area contributed by atoms with Crippen LogP contribution in [0, 0.1) is 20.8 Å². The topological polar surface area (TPSA) is 63.2 Å². The van der Waals surface area contributed by atoms with Gasteiger partial charge in [0.05, 0.1) is 10.9 Å². The van der Waals surface area contributed by atoms with Crippen molar-refractivity contribution in [2.45, 2.75) is 45.1 Å². The Bertz CT molecular complexity index is 893. The van der Waals surface area contributed by atoms with Gasteiger partial charge in [-0.05, 0) is 56.9 Å². The molecule has 5 heteroatoms. The Morgan fingerprint density at radius 3 is 2.19 bits per heavy atom. The van der Waals surface area contributed by atoms with Gasteiger partial charge in [0.25, 0.3) is 0 Å². The van der Waals surface area contributed by atoms with Crippen LogP contribution < -0.4 is 4.72 Å². The molecule has 0 aromatic heterocycles. The maximum Gasteiger partial charge on any atom is 0.241 e. The van der Waals surface area contributed by atoms with Crippen LogP contribution in [0.15, 0.2) is 59.5 Å². The van der Waals surface area contributed by atoms with Crippen LogP contribution in [-0.4, -0.2) is 20.2 Å². The van der Waals surface area contributed by atoms with Crippen LogP contribution in [0.4, 0.5) is 0 Å². The monoisotopic (exact) mass is 371 g/mol. The van der Waals surface area contributed by atoms with Crippen LogP contribution in [0.2, 0.25) is 0 Å². The van der Waals surface area contributed by atoms with Gasteiger partial charge in [0, 0.05) is 0 Å². The first-order chi connectivity index (χ1) is 12.2. The number of carbonyl (C=O) groups is 1. The van der Waals surface area contributed by atoms with Crippen LogP contribution >= 0.6 is 0 Å². The summed E-state index contributed by atoms with van der Waals surface area (Å²) in [4.78, 5) is 12.7. The number of sulfonamides is 1. The zero-order chi connectivity index (χ0) is 19.3. The van der Waals surface area contributed by atoms with Gasteiger partial charge in [-0.2, -0.15) is 4.72 Å². The van der Waals surface area contributed by atoms with E-state index in [9.17, 15) is 13.2 Å². The summed E-state index contributed by atoms with van der Waals surface area (Å²) in [7, 11) is -3.83. The molecule has 0 aliphatic carbocycles. The summed E-state index contributed by atoms with van der Waals surface area (Å²) >= 11 is 0. The van der Waals surface area contributed by atoms with E-state index < -0.39 is 16.1 Å². The van der Waals surface area contributed by atoms with Crippen LogP contribution in [0.25, 0.3) is 0 Å². The normalized spacial score (nSPS) is 13.1. The van der Waals surface area contributed by atoms with Crippen LogP contribution in [0.3, 0.4) is 0 Å². The molecule has 0 aliphatic rings. The Morgan fingerprint density at radius 2 is 1.65 bits per heavy atom. The number of ketones is 1. The number of allylic oxidation sites excluding steroid dienone is 1. The lowest BCUT2D eigenvalue weighted by Crippen LogP contribution is -2.42. The largest absolute Gasteiger partial charge is 0.293 e. The van der Waals surface area contributed by atoms with Crippen molar-refractivity contribution in [1.82, 2.24) is 4.72 Å². The van der Waals surface area contributed by atoms with Crippen molar-refractivity contribution in [3.8, 4) is 0 Å². The first kappa shape index (κ1) is 20.1. The predicted octanol–water partition coefficient (Wildman–Crippen LogP) is 3.65. The van der Waals surface area contributed by atoms with Gasteiger partial charge in [-0.25, -0.2) is 8.42 Å². The van der Waals surface area contributed by atoms with Crippen molar-refractivity contribution in [1.29, 1.82) is 0 Å². The molecule has 2 aromatic rings. The van der Waals surface area contributed by atoms with Crippen molar-refractivity contribution in [2.24, 2.45) is 0 Å². The summed E-state index contributed by atoms with van der Waals surface area (Å²) in [6.07, 6.45) is 3.33. The summed E-state index contributed by atoms with van der Waals surface area (Å²) in [6.45, 7) is 7.21. The highest BCUT2D eigenvalue weighted by Gasteiger charge is 2.27. The fraction of sp³-hybridized carbons (Fsp3) is 0.286. The second-order valence-corrected chi connectivity index (χ2v) is 8.14. The number of benzene rings is 2. The molecule has 1 atom stereocenters. The third kappa shape index (κ3) is 4.90. The number of rotatable bonds is 7. The molecular formula is C21H25NO3S. The fourth-order valence-electron chi connectivity index (χ4n) is 3.17. The maximum absolute atomic E-state index is 13.0. The highest BCUT2D eigenvalue weighted by molar-refractivity contribution is 7.89. The molecule has 0 spiro atoms. The van der Waals surface area contributed by atoms with Gasteiger partial charge in [-0.1, -0.05) is 54.1 Å². The molecule has 0 amide bonds. The smallest absolute Gasteiger partial charge is 0.241 e. The van der Waals surface area contributed by atoms with Gasteiger partial charge < -0.3 is 0 Å². The standard InChI is InChI=1S/C21H25NO3S/c1-5-9-20(23)19(14-18-10-7-6-8-11-18)22-26(24,25)21-16(3)12-15(2)13-17(21)4/h5-13,19,22H,14H2,1-4H3/b9-5+/t19-/m1/s1. The summed E-state index contributed by atoms with van der Waals surface area (Å²) in [5.74, 6) is -0.262. The Labute approximate surface area is 156 Å². The van der Waals surface area contributed by atoms with E-state index in [-0.39, 0.29) is 10.7 Å². The Balaban J connectivity index is 2.39. The van der Waals surface area contributed by atoms with Gasteiger partial charge in [-0.15, -0.1) is 0 Å². The predicted molar refractivity (Wildman–Crippen MR) is 105 cm³/mol. The number of hydrogen-bond donors (Lipinski definition) is 1. The quantitative estimate of drug-likeness (QED) is 0.756. The Kier molecular flexibility index (Phi) is 6.51. The molecule has 2 rings (SSSR count). The summed E-state index contributed by atoms with van der Waals surface area (Å²) in [6, 6.07) is 12.2. The van der Waals surface area contributed by atoms with E-state index in [4.69, 9.17) is 0 Å². The van der Waals surface area contributed by atoms with E-state index in [0.717, 1.165) is 11.1 Å². The molecule has 2 aromatic carbocycles. The lowest BCUT2D eigenvalue weighted by Gasteiger charge is -2.19. The molecule has 0 fully saturated rings. The number of carbonyl (C=O) groups excluding carboxylic acids is 1. The third-order valence-electron chi connectivity index (χ3n) is 4.13. The molecule has 0 saturated carbocycles. The van der Waals surface area contributed by atoms with E-state index in [1.54, 1.807) is 26.8 Å². The number of aryl methyl sites for hydroxylation is 3. The van der Waals surface area contributed by atoms with Crippen LogP contribution in [-0.2, 0) is 21.2 Å². The van der Waals surface area contributed by atoms with Crippen LogP contribution in [0.5, 0.6) is 0 Å². The first-order valence-electron chi connectivity index (χ1n) is 8.55. The highest BCUT2D eigenvalue weighted by atomic mass is 32.2. The summed E-state index contributed by atoms with van der Waals surface area (Å²) < 4.78 is 28.6. The SMILES string of the molecule is C/C=C/C(=O)[C@@H](Cc1ccccc1)NS(=O)(=O)c1c(C)cc(C)cc1C. The van der Waals surface area contributed by atoms with E-state index in [1.165, 1.54) is 6.08 Å². The highest BCUT2D eigenvalue weighted by Crippen LogP contribution is 2.22. The van der Waals surface area contributed by atoms with Crippen molar-refractivity contribution >= 4 is 15.8 Å². The summed E-state index contributed by atoms with van der Waals surface area (Å²) in [5.41, 5.74) is 3.25. The summed E-state index contributed by atoms with van der Waals surface area (Å²) in [5, 5.41) is 0. The minimum atomic E-state index is -3.83. The van der Waals surface area contributed by atoms with Gasteiger partial charge in [0.1, 0.15) is 0 Å². The maximum atomic E-state index is 13.0. The lowest BCUT2D eigenvalue weighted by atomic mass is 10.0. The van der Waals surface area contributed by atoms with E-state index >= 15 is 0 Å². The second kappa shape index (κ2) is 8.43. The molecule has 0 unspecified atom stereocenters. The van der Waals surface area contributed by atoms with E-state index in [0.29, 0.717) is 17.5 Å². The molecule has 0 radical (unpaired) electrons. The minimum absolute atomic E-state index is 0.245. The van der Waals surface area contributed by atoms with Crippen molar-refractivity contribution in [2.75, 3.05) is 0 Å². The zero-order valence-electron chi connectivity index (χ0n) is 15.6. The van der Waals surface area contributed by atoms with Gasteiger partial charge in [-0.3, -0.25) is 4.79 Å². The molecule has 0 saturated heterocycles. The number of nitrogens with one attached hydrogen (secondary N) is 1. The molecule has 1 N–H and O–H groups in total. The molecule has 0 heterocycles. The molecule has 138 valence electrons. The second-order valence-electron chi connectivity index (χ2n) is 6.49. The number of hydrogen-bond acceptors (Lipinski definition) is 3. The average Bonchev–Trinajstić information content (AvgIpc) is 2.54. The van der Waals surface area contributed by atoms with Gasteiger partial charge >= 0.3 is 0 Å². The fourth-order valence-corrected chi connectivity index (χ4v) is 4.82. The molecule has 26 heavy (non-hydrogen) atoms. The van der Waals surface area contributed by atoms with E-state index in [1.807, 2.05) is 49.4 Å². The van der Waals surface area contributed by atoms with Gasteiger partial charge in [0.15, 0.2) is 5.78 Å². The Hall–Kier alpha value is -2.24. The molecule has 0 aliphatic heterocycles. The van der Waals surface area contributed by atoms with Crippen LogP contribution in [0.1, 0.15) is 29.2 Å². The minimum Gasteiger partial charge on any atom is -0.293 e. The van der Waals surface area contributed by atoms with Gasteiger partial charge in [0.2, 0.25) is 10.0 Å².